The number of carbonyl (C=O) groups is 1. The lowest BCUT2D eigenvalue weighted by molar-refractivity contribution is 0.0594. The van der Waals surface area contributed by atoms with Crippen molar-refractivity contribution >= 4 is 5.91 Å². The molecule has 2 heterocycles. The van der Waals surface area contributed by atoms with Gasteiger partial charge >= 0.3 is 0 Å². The molecule has 0 atom stereocenters. The Morgan fingerprint density at radius 3 is 2.39 bits per heavy atom. The number of H-pyrrole nitrogens is 1. The van der Waals surface area contributed by atoms with Crippen molar-refractivity contribution in [2.24, 2.45) is 0 Å². The van der Waals surface area contributed by atoms with Gasteiger partial charge in [-0.25, -0.2) is 0 Å². The van der Waals surface area contributed by atoms with E-state index < -0.39 is 0 Å². The second-order valence-electron chi connectivity index (χ2n) is 7.36. The van der Waals surface area contributed by atoms with Crippen LogP contribution in [0.5, 0.6) is 5.75 Å². The zero-order valence-corrected chi connectivity index (χ0v) is 16.3. The standard InChI is InChI=1S/C23H25N3O2/c1-16-7-6-8-17(2)22(16)28-19-11-13-26(14-12-19)23(27)20-15-24-25-21(20)18-9-4-3-5-10-18/h3-10,15,19H,11-14H2,1-2H3,(H,24,25). The van der Waals surface area contributed by atoms with Gasteiger partial charge in [-0.3, -0.25) is 9.89 Å². The van der Waals surface area contributed by atoms with Crippen LogP contribution in [0, 0.1) is 13.8 Å². The number of rotatable bonds is 4. The molecule has 0 saturated carbocycles. The van der Waals surface area contributed by atoms with Crippen LogP contribution in [0.4, 0.5) is 0 Å². The van der Waals surface area contributed by atoms with E-state index >= 15 is 0 Å². The Morgan fingerprint density at radius 1 is 1.04 bits per heavy atom. The molecule has 1 aromatic heterocycles. The van der Waals surface area contributed by atoms with Crippen molar-refractivity contribution in [3.05, 3.63) is 71.4 Å². The van der Waals surface area contributed by atoms with Crippen molar-refractivity contribution in [2.45, 2.75) is 32.8 Å². The van der Waals surface area contributed by atoms with Crippen LogP contribution in [-0.2, 0) is 0 Å². The van der Waals surface area contributed by atoms with Gasteiger partial charge in [-0.2, -0.15) is 5.10 Å². The maximum absolute atomic E-state index is 13.1. The molecule has 3 aromatic rings. The molecule has 0 bridgehead atoms. The van der Waals surface area contributed by atoms with Crippen LogP contribution in [0.25, 0.3) is 11.3 Å². The molecule has 1 saturated heterocycles. The Bertz CT molecular complexity index is 937. The third-order valence-corrected chi connectivity index (χ3v) is 5.35. The summed E-state index contributed by atoms with van der Waals surface area (Å²) in [6.45, 7) is 5.53. The van der Waals surface area contributed by atoms with Gasteiger partial charge in [-0.1, -0.05) is 48.5 Å². The molecule has 2 aromatic carbocycles. The molecule has 144 valence electrons. The van der Waals surface area contributed by atoms with E-state index in [0.717, 1.165) is 41.0 Å². The maximum atomic E-state index is 13.1. The zero-order chi connectivity index (χ0) is 19.5. The first kappa shape index (κ1) is 18.3. The monoisotopic (exact) mass is 375 g/mol. The largest absolute Gasteiger partial charge is 0.490 e. The van der Waals surface area contributed by atoms with Crippen molar-refractivity contribution in [1.82, 2.24) is 15.1 Å². The van der Waals surface area contributed by atoms with Gasteiger partial charge in [-0.15, -0.1) is 0 Å². The number of amides is 1. The summed E-state index contributed by atoms with van der Waals surface area (Å²) in [6, 6.07) is 16.0. The molecule has 5 nitrogen and oxygen atoms in total. The number of ether oxygens (including phenoxy) is 1. The lowest BCUT2D eigenvalue weighted by Crippen LogP contribution is -2.42. The second-order valence-corrected chi connectivity index (χ2v) is 7.36. The Balaban J connectivity index is 1.42. The lowest BCUT2D eigenvalue weighted by atomic mass is 10.0. The maximum Gasteiger partial charge on any atom is 0.257 e. The number of likely N-dealkylation sites (tertiary alicyclic amines) is 1. The fraction of sp³-hybridized carbons (Fsp3) is 0.304. The van der Waals surface area contributed by atoms with Crippen molar-refractivity contribution in [3.8, 4) is 17.0 Å². The molecule has 5 heteroatoms. The first-order valence-corrected chi connectivity index (χ1v) is 9.74. The Labute approximate surface area is 165 Å². The molecular weight excluding hydrogens is 350 g/mol. The molecule has 1 N–H and O–H groups in total. The highest BCUT2D eigenvalue weighted by Gasteiger charge is 2.27. The summed E-state index contributed by atoms with van der Waals surface area (Å²) in [4.78, 5) is 15.0. The topological polar surface area (TPSA) is 58.2 Å². The van der Waals surface area contributed by atoms with E-state index in [-0.39, 0.29) is 12.0 Å². The summed E-state index contributed by atoms with van der Waals surface area (Å²) in [5.41, 5.74) is 4.69. The van der Waals surface area contributed by atoms with E-state index in [2.05, 4.69) is 36.2 Å². The average molecular weight is 375 g/mol. The van der Waals surface area contributed by atoms with Crippen LogP contribution in [0.3, 0.4) is 0 Å². The van der Waals surface area contributed by atoms with Gasteiger partial charge in [0.25, 0.3) is 5.91 Å². The fourth-order valence-corrected chi connectivity index (χ4v) is 3.77. The third kappa shape index (κ3) is 3.65. The minimum Gasteiger partial charge on any atom is -0.490 e. The number of hydrogen-bond acceptors (Lipinski definition) is 3. The zero-order valence-electron chi connectivity index (χ0n) is 16.3. The smallest absolute Gasteiger partial charge is 0.257 e. The number of aryl methyl sites for hydroxylation is 2. The number of aromatic nitrogens is 2. The molecule has 1 fully saturated rings. The molecule has 28 heavy (non-hydrogen) atoms. The average Bonchev–Trinajstić information content (AvgIpc) is 3.21. The van der Waals surface area contributed by atoms with Gasteiger partial charge in [0, 0.05) is 31.5 Å². The van der Waals surface area contributed by atoms with Gasteiger partial charge in [-0.05, 0) is 25.0 Å². The number of nitrogens with zero attached hydrogens (tertiary/aromatic N) is 2. The molecule has 0 spiro atoms. The summed E-state index contributed by atoms with van der Waals surface area (Å²) in [6.07, 6.45) is 3.43. The predicted octanol–water partition coefficient (Wildman–Crippen LogP) is 4.38. The Morgan fingerprint density at radius 2 is 1.71 bits per heavy atom. The predicted molar refractivity (Wildman–Crippen MR) is 109 cm³/mol. The molecule has 0 radical (unpaired) electrons. The number of para-hydroxylation sites is 1. The van der Waals surface area contributed by atoms with E-state index in [1.165, 1.54) is 0 Å². The second kappa shape index (κ2) is 7.89. The van der Waals surface area contributed by atoms with Crippen molar-refractivity contribution in [2.75, 3.05) is 13.1 Å². The van der Waals surface area contributed by atoms with Crippen LogP contribution in [0.15, 0.2) is 54.7 Å². The Kier molecular flexibility index (Phi) is 5.15. The summed E-state index contributed by atoms with van der Waals surface area (Å²) in [7, 11) is 0. The van der Waals surface area contributed by atoms with Gasteiger partial charge in [0.05, 0.1) is 17.5 Å². The quantitative estimate of drug-likeness (QED) is 0.736. The van der Waals surface area contributed by atoms with Crippen LogP contribution in [-0.4, -0.2) is 40.2 Å². The highest BCUT2D eigenvalue weighted by molar-refractivity contribution is 5.99. The van der Waals surface area contributed by atoms with Crippen molar-refractivity contribution < 1.29 is 9.53 Å². The van der Waals surface area contributed by atoms with Gasteiger partial charge in [0.15, 0.2) is 0 Å². The minimum absolute atomic E-state index is 0.0260. The van der Waals surface area contributed by atoms with E-state index in [0.29, 0.717) is 18.7 Å². The third-order valence-electron chi connectivity index (χ3n) is 5.35. The van der Waals surface area contributed by atoms with Gasteiger partial charge in [0.2, 0.25) is 0 Å². The first-order chi connectivity index (χ1) is 13.6. The van der Waals surface area contributed by atoms with Crippen LogP contribution >= 0.6 is 0 Å². The summed E-state index contributed by atoms with van der Waals surface area (Å²) in [5.74, 6) is 1.01. The molecule has 1 aliphatic heterocycles. The van der Waals surface area contributed by atoms with E-state index in [1.54, 1.807) is 6.20 Å². The number of hydrogen-bond donors (Lipinski definition) is 1. The summed E-state index contributed by atoms with van der Waals surface area (Å²) >= 11 is 0. The Hall–Kier alpha value is -3.08. The number of aromatic amines is 1. The van der Waals surface area contributed by atoms with Crippen molar-refractivity contribution in [3.63, 3.8) is 0 Å². The van der Waals surface area contributed by atoms with Crippen molar-refractivity contribution in [1.29, 1.82) is 0 Å². The van der Waals surface area contributed by atoms with E-state index in [9.17, 15) is 4.79 Å². The first-order valence-electron chi connectivity index (χ1n) is 9.74. The fourth-order valence-electron chi connectivity index (χ4n) is 3.77. The summed E-state index contributed by atoms with van der Waals surface area (Å²) < 4.78 is 6.27. The number of nitrogens with one attached hydrogen (secondary N) is 1. The van der Waals surface area contributed by atoms with Crippen LogP contribution < -0.4 is 4.74 Å². The van der Waals surface area contributed by atoms with E-state index in [4.69, 9.17) is 4.74 Å². The normalized spacial score (nSPS) is 14.9. The van der Waals surface area contributed by atoms with Crippen LogP contribution in [0.1, 0.15) is 34.3 Å². The van der Waals surface area contributed by atoms with Gasteiger partial charge in [0.1, 0.15) is 11.9 Å². The highest BCUT2D eigenvalue weighted by Crippen LogP contribution is 2.28. The molecular formula is C23H25N3O2. The van der Waals surface area contributed by atoms with E-state index in [1.807, 2.05) is 41.3 Å². The van der Waals surface area contributed by atoms with Gasteiger partial charge < -0.3 is 9.64 Å². The molecule has 0 aliphatic carbocycles. The number of benzene rings is 2. The molecule has 1 amide bonds. The lowest BCUT2D eigenvalue weighted by Gasteiger charge is -2.32. The highest BCUT2D eigenvalue weighted by atomic mass is 16.5. The molecule has 4 rings (SSSR count). The number of carbonyl (C=O) groups excluding carboxylic acids is 1. The minimum atomic E-state index is 0.0260. The molecule has 0 unspecified atom stereocenters. The number of piperidine rings is 1. The summed E-state index contributed by atoms with van der Waals surface area (Å²) in [5, 5.41) is 7.08. The van der Waals surface area contributed by atoms with Crippen LogP contribution in [0.2, 0.25) is 0 Å². The SMILES string of the molecule is Cc1cccc(C)c1OC1CCN(C(=O)c2cn[nH]c2-c2ccccc2)CC1. The molecule has 1 aliphatic rings.